The highest BCUT2D eigenvalue weighted by Crippen LogP contribution is 2.30. The van der Waals surface area contributed by atoms with Crippen molar-refractivity contribution in [3.63, 3.8) is 0 Å². The Kier molecular flexibility index (Phi) is 6.48. The molecule has 8 nitrogen and oxygen atoms in total. The van der Waals surface area contributed by atoms with E-state index in [-0.39, 0.29) is 5.91 Å². The molecule has 0 bridgehead atoms. The van der Waals surface area contributed by atoms with Crippen LogP contribution in [-0.4, -0.2) is 28.4 Å². The smallest absolute Gasteiger partial charge is 0.257 e. The van der Waals surface area contributed by atoms with Gasteiger partial charge in [0.1, 0.15) is 17.4 Å². The van der Waals surface area contributed by atoms with Crippen molar-refractivity contribution in [1.29, 1.82) is 0 Å². The Morgan fingerprint density at radius 1 is 1.24 bits per heavy atom. The van der Waals surface area contributed by atoms with E-state index >= 15 is 0 Å². The van der Waals surface area contributed by atoms with Crippen molar-refractivity contribution in [2.45, 2.75) is 40.7 Å². The van der Waals surface area contributed by atoms with Gasteiger partial charge in [0.25, 0.3) is 5.91 Å². The predicted octanol–water partition coefficient (Wildman–Crippen LogP) is 4.18. The monoisotopic (exact) mass is 416 g/mol. The predicted molar refractivity (Wildman–Crippen MR) is 110 cm³/mol. The van der Waals surface area contributed by atoms with Crippen LogP contribution in [0.5, 0.6) is 11.5 Å². The van der Waals surface area contributed by atoms with Gasteiger partial charge < -0.3 is 14.0 Å². The van der Waals surface area contributed by atoms with Crippen LogP contribution in [0, 0.1) is 19.8 Å². The summed E-state index contributed by atoms with van der Waals surface area (Å²) in [6.45, 7) is 8.22. The van der Waals surface area contributed by atoms with Crippen LogP contribution in [-0.2, 0) is 13.0 Å². The van der Waals surface area contributed by atoms with E-state index in [1.54, 1.807) is 18.2 Å². The normalized spacial score (nSPS) is 11.0. The lowest BCUT2D eigenvalue weighted by Gasteiger charge is -2.12. The minimum atomic E-state index is -0.284. The number of nitrogens with one attached hydrogen (secondary N) is 1. The Hall–Kier alpha value is -2.94. The highest BCUT2D eigenvalue weighted by atomic mass is 32.1. The average molecular weight is 417 g/mol. The summed E-state index contributed by atoms with van der Waals surface area (Å²) in [5, 5.41) is 16.2. The van der Waals surface area contributed by atoms with Crippen LogP contribution in [0.3, 0.4) is 0 Å². The molecule has 1 N–H and O–H groups in total. The van der Waals surface area contributed by atoms with Crippen LogP contribution in [0.2, 0.25) is 0 Å². The SMILES string of the molecule is COc1cc(C(=O)Nc2nnc(CC(C)C)s2)ccc1OCc1c(C)noc1C. The van der Waals surface area contributed by atoms with Gasteiger partial charge in [-0.15, -0.1) is 10.2 Å². The lowest BCUT2D eigenvalue weighted by Crippen LogP contribution is -2.12. The fraction of sp³-hybridized carbons (Fsp3) is 0.400. The molecule has 154 valence electrons. The maximum absolute atomic E-state index is 12.6. The van der Waals surface area contributed by atoms with Crippen molar-refractivity contribution in [2.24, 2.45) is 5.92 Å². The lowest BCUT2D eigenvalue weighted by atomic mass is 10.1. The molecule has 0 aliphatic rings. The van der Waals surface area contributed by atoms with Crippen LogP contribution in [0.15, 0.2) is 22.7 Å². The fourth-order valence-corrected chi connectivity index (χ4v) is 3.64. The van der Waals surface area contributed by atoms with E-state index < -0.39 is 0 Å². The summed E-state index contributed by atoms with van der Waals surface area (Å²) < 4.78 is 16.4. The Morgan fingerprint density at radius 2 is 2.03 bits per heavy atom. The Balaban J connectivity index is 1.69. The molecule has 3 aromatic rings. The van der Waals surface area contributed by atoms with Crippen LogP contribution in [0.4, 0.5) is 5.13 Å². The third-order valence-corrected chi connectivity index (χ3v) is 5.11. The summed E-state index contributed by atoms with van der Waals surface area (Å²) in [6, 6.07) is 5.01. The van der Waals surface area contributed by atoms with Gasteiger partial charge in [0.2, 0.25) is 5.13 Å². The first-order valence-electron chi connectivity index (χ1n) is 9.23. The molecule has 0 atom stereocenters. The summed E-state index contributed by atoms with van der Waals surface area (Å²) in [5.41, 5.74) is 2.11. The number of anilines is 1. The van der Waals surface area contributed by atoms with E-state index in [0.717, 1.165) is 22.7 Å². The zero-order chi connectivity index (χ0) is 21.0. The molecule has 2 aromatic heterocycles. The zero-order valence-corrected chi connectivity index (χ0v) is 17.9. The molecule has 1 amide bonds. The number of nitrogens with zero attached hydrogens (tertiary/aromatic N) is 3. The van der Waals surface area contributed by atoms with E-state index in [1.807, 2.05) is 13.8 Å². The number of ether oxygens (including phenoxy) is 2. The van der Waals surface area contributed by atoms with E-state index in [0.29, 0.717) is 40.5 Å². The van der Waals surface area contributed by atoms with Crippen molar-refractivity contribution < 1.29 is 18.8 Å². The van der Waals surface area contributed by atoms with E-state index in [2.05, 4.69) is 34.5 Å². The van der Waals surface area contributed by atoms with Gasteiger partial charge >= 0.3 is 0 Å². The van der Waals surface area contributed by atoms with Crippen LogP contribution in [0.25, 0.3) is 0 Å². The number of hydrogen-bond acceptors (Lipinski definition) is 8. The Labute approximate surface area is 173 Å². The molecule has 0 radical (unpaired) electrons. The van der Waals surface area contributed by atoms with Crippen molar-refractivity contribution in [3.8, 4) is 11.5 Å². The third-order valence-electron chi connectivity index (χ3n) is 4.25. The number of carbonyl (C=O) groups is 1. The van der Waals surface area contributed by atoms with Crippen molar-refractivity contribution in [3.05, 3.63) is 45.8 Å². The van der Waals surface area contributed by atoms with Crippen molar-refractivity contribution in [1.82, 2.24) is 15.4 Å². The summed E-state index contributed by atoms with van der Waals surface area (Å²) in [4.78, 5) is 12.6. The van der Waals surface area contributed by atoms with Gasteiger partial charge in [-0.05, 0) is 38.0 Å². The molecule has 9 heteroatoms. The van der Waals surface area contributed by atoms with Crippen molar-refractivity contribution >= 4 is 22.4 Å². The van der Waals surface area contributed by atoms with E-state index in [9.17, 15) is 4.79 Å². The highest BCUT2D eigenvalue weighted by Gasteiger charge is 2.16. The number of amides is 1. The molecule has 0 spiro atoms. The Morgan fingerprint density at radius 3 is 2.69 bits per heavy atom. The van der Waals surface area contributed by atoms with Gasteiger partial charge in [-0.2, -0.15) is 0 Å². The van der Waals surface area contributed by atoms with Gasteiger partial charge in [0.15, 0.2) is 11.5 Å². The maximum Gasteiger partial charge on any atom is 0.257 e. The fourth-order valence-electron chi connectivity index (χ4n) is 2.69. The molecule has 29 heavy (non-hydrogen) atoms. The number of benzene rings is 1. The number of aryl methyl sites for hydroxylation is 2. The number of rotatable bonds is 8. The number of carbonyl (C=O) groups excluding carboxylic acids is 1. The molecule has 0 saturated heterocycles. The van der Waals surface area contributed by atoms with Crippen LogP contribution in [0.1, 0.15) is 46.2 Å². The van der Waals surface area contributed by atoms with E-state index in [4.69, 9.17) is 14.0 Å². The molecule has 0 saturated carbocycles. The number of hydrogen-bond donors (Lipinski definition) is 1. The molecule has 0 aliphatic carbocycles. The summed E-state index contributed by atoms with van der Waals surface area (Å²) in [7, 11) is 1.53. The minimum Gasteiger partial charge on any atom is -0.493 e. The summed E-state index contributed by atoms with van der Waals surface area (Å²) in [5.74, 6) is 1.90. The molecule has 3 rings (SSSR count). The van der Waals surface area contributed by atoms with Gasteiger partial charge in [-0.1, -0.05) is 30.3 Å². The van der Waals surface area contributed by atoms with Gasteiger partial charge in [0.05, 0.1) is 18.4 Å². The second-order valence-corrected chi connectivity index (χ2v) is 8.07. The Bertz CT molecular complexity index is 977. The molecule has 1 aromatic carbocycles. The standard InChI is InChI=1S/C20H24N4O4S/c1-11(2)8-18-22-23-20(29-18)21-19(25)14-6-7-16(17(9-14)26-5)27-10-15-12(3)24-28-13(15)4/h6-7,9,11H,8,10H2,1-5H3,(H,21,23,25). The first-order chi connectivity index (χ1) is 13.9. The highest BCUT2D eigenvalue weighted by molar-refractivity contribution is 7.15. The summed E-state index contributed by atoms with van der Waals surface area (Å²) in [6.07, 6.45) is 0.832. The molecular weight excluding hydrogens is 392 g/mol. The van der Waals surface area contributed by atoms with Crippen LogP contribution >= 0.6 is 11.3 Å². The first-order valence-corrected chi connectivity index (χ1v) is 10.0. The average Bonchev–Trinajstić information content (AvgIpc) is 3.25. The van der Waals surface area contributed by atoms with Gasteiger partial charge in [-0.3, -0.25) is 10.1 Å². The van der Waals surface area contributed by atoms with E-state index in [1.165, 1.54) is 18.4 Å². The maximum atomic E-state index is 12.6. The minimum absolute atomic E-state index is 0.284. The quantitative estimate of drug-likeness (QED) is 0.588. The second-order valence-electron chi connectivity index (χ2n) is 7.01. The van der Waals surface area contributed by atoms with Gasteiger partial charge in [-0.25, -0.2) is 0 Å². The topological polar surface area (TPSA) is 99.4 Å². The number of methoxy groups -OCH3 is 1. The molecule has 0 unspecified atom stereocenters. The first kappa shape index (κ1) is 20.8. The lowest BCUT2D eigenvalue weighted by molar-refractivity contribution is 0.102. The largest absolute Gasteiger partial charge is 0.493 e. The second kappa shape index (κ2) is 9.04. The molecule has 2 heterocycles. The summed E-state index contributed by atoms with van der Waals surface area (Å²) >= 11 is 1.38. The van der Waals surface area contributed by atoms with Crippen molar-refractivity contribution in [2.75, 3.05) is 12.4 Å². The van der Waals surface area contributed by atoms with Crippen LogP contribution < -0.4 is 14.8 Å². The molecular formula is C20H24N4O4S. The molecule has 0 fully saturated rings. The molecule has 0 aliphatic heterocycles. The number of aromatic nitrogens is 3. The van der Waals surface area contributed by atoms with Gasteiger partial charge in [0, 0.05) is 12.0 Å². The third kappa shape index (κ3) is 5.11. The zero-order valence-electron chi connectivity index (χ0n) is 17.1.